The van der Waals surface area contributed by atoms with Gasteiger partial charge in [0.05, 0.1) is 23.9 Å². The molecule has 6 heteroatoms. The minimum Gasteiger partial charge on any atom is -0.462 e. The number of nitrogens with two attached hydrogens (primary N) is 1. The summed E-state index contributed by atoms with van der Waals surface area (Å²) in [6.07, 6.45) is 0. The van der Waals surface area contributed by atoms with Crippen LogP contribution in [-0.4, -0.2) is 24.5 Å². The third-order valence-corrected chi connectivity index (χ3v) is 3.61. The number of ether oxygens (including phenoxy) is 1. The lowest BCUT2D eigenvalue weighted by Crippen LogP contribution is -2.45. The van der Waals surface area contributed by atoms with E-state index in [2.05, 4.69) is 21.2 Å². The highest BCUT2D eigenvalue weighted by molar-refractivity contribution is 9.10. The summed E-state index contributed by atoms with van der Waals surface area (Å²) in [7, 11) is 0. The number of nitrogens with one attached hydrogen (secondary N) is 1. The number of benzene rings is 1. The van der Waals surface area contributed by atoms with Crippen LogP contribution in [0.15, 0.2) is 22.7 Å². The number of amides is 1. The van der Waals surface area contributed by atoms with E-state index in [9.17, 15) is 9.59 Å². The van der Waals surface area contributed by atoms with Crippen LogP contribution >= 0.6 is 15.9 Å². The van der Waals surface area contributed by atoms with Crippen LogP contribution in [0.5, 0.6) is 0 Å². The molecule has 21 heavy (non-hydrogen) atoms. The highest BCUT2D eigenvalue weighted by atomic mass is 79.9. The Bertz CT molecular complexity index is 538. The van der Waals surface area contributed by atoms with Crippen LogP contribution in [0.4, 0.5) is 5.69 Å². The fraction of sp³-hybridized carbons (Fsp3) is 0.467. The fourth-order valence-electron chi connectivity index (χ4n) is 1.56. The summed E-state index contributed by atoms with van der Waals surface area (Å²) in [5, 5.41) is 2.75. The molecule has 0 aliphatic carbocycles. The molecule has 1 rings (SSSR count). The van der Waals surface area contributed by atoms with E-state index in [1.807, 2.05) is 20.8 Å². The Labute approximate surface area is 133 Å². The van der Waals surface area contributed by atoms with E-state index in [0.717, 1.165) is 0 Å². The van der Waals surface area contributed by atoms with Gasteiger partial charge >= 0.3 is 5.97 Å². The van der Waals surface area contributed by atoms with Gasteiger partial charge in [0.1, 0.15) is 0 Å². The average Bonchev–Trinajstić information content (AvgIpc) is 2.39. The SMILES string of the molecule is CCOC(=O)c1ccc(NC(=O)C(N)C(C)(C)C)c(Br)c1. The van der Waals surface area contributed by atoms with Crippen molar-refractivity contribution in [2.45, 2.75) is 33.7 Å². The van der Waals surface area contributed by atoms with Gasteiger partial charge in [0, 0.05) is 4.47 Å². The van der Waals surface area contributed by atoms with E-state index in [0.29, 0.717) is 22.3 Å². The zero-order valence-corrected chi connectivity index (χ0v) is 14.3. The number of esters is 1. The van der Waals surface area contributed by atoms with Crippen molar-refractivity contribution >= 4 is 33.5 Å². The van der Waals surface area contributed by atoms with Crippen molar-refractivity contribution < 1.29 is 14.3 Å². The quantitative estimate of drug-likeness (QED) is 0.812. The first-order valence-corrected chi connectivity index (χ1v) is 7.49. The van der Waals surface area contributed by atoms with Gasteiger partial charge in [0.25, 0.3) is 0 Å². The van der Waals surface area contributed by atoms with Gasteiger partial charge in [-0.15, -0.1) is 0 Å². The number of halogens is 1. The molecule has 0 fully saturated rings. The van der Waals surface area contributed by atoms with Gasteiger partial charge in [-0.2, -0.15) is 0 Å². The Morgan fingerprint density at radius 2 is 2.00 bits per heavy atom. The molecular formula is C15H21BrN2O3. The van der Waals surface area contributed by atoms with Crippen molar-refractivity contribution in [3.63, 3.8) is 0 Å². The number of hydrogen-bond acceptors (Lipinski definition) is 4. The molecule has 0 bridgehead atoms. The number of rotatable bonds is 4. The zero-order chi connectivity index (χ0) is 16.2. The van der Waals surface area contributed by atoms with Gasteiger partial charge in [-0.3, -0.25) is 4.79 Å². The van der Waals surface area contributed by atoms with E-state index >= 15 is 0 Å². The fourth-order valence-corrected chi connectivity index (χ4v) is 2.04. The number of carbonyl (C=O) groups excluding carboxylic acids is 2. The summed E-state index contributed by atoms with van der Waals surface area (Å²) >= 11 is 3.33. The Morgan fingerprint density at radius 1 is 1.38 bits per heavy atom. The maximum Gasteiger partial charge on any atom is 0.338 e. The predicted molar refractivity (Wildman–Crippen MR) is 86.2 cm³/mol. The van der Waals surface area contributed by atoms with E-state index in [-0.39, 0.29) is 11.3 Å². The molecule has 0 saturated heterocycles. The van der Waals surface area contributed by atoms with Gasteiger partial charge in [0.15, 0.2) is 0 Å². The summed E-state index contributed by atoms with van der Waals surface area (Å²) in [5.74, 6) is -0.672. The lowest BCUT2D eigenvalue weighted by atomic mass is 9.87. The second-order valence-electron chi connectivity index (χ2n) is 5.75. The third-order valence-electron chi connectivity index (χ3n) is 2.95. The van der Waals surface area contributed by atoms with Crippen molar-refractivity contribution in [2.24, 2.45) is 11.1 Å². The molecule has 5 nitrogen and oxygen atoms in total. The smallest absolute Gasteiger partial charge is 0.338 e. The molecule has 0 aromatic heterocycles. The van der Waals surface area contributed by atoms with Gasteiger partial charge in [0.2, 0.25) is 5.91 Å². The van der Waals surface area contributed by atoms with Gasteiger partial charge in [-0.25, -0.2) is 4.79 Å². The maximum atomic E-state index is 12.1. The molecule has 1 amide bonds. The second-order valence-corrected chi connectivity index (χ2v) is 6.60. The van der Waals surface area contributed by atoms with Gasteiger partial charge in [-0.1, -0.05) is 20.8 Å². The highest BCUT2D eigenvalue weighted by Gasteiger charge is 2.27. The van der Waals surface area contributed by atoms with Crippen LogP contribution in [0.25, 0.3) is 0 Å². The zero-order valence-electron chi connectivity index (χ0n) is 12.7. The van der Waals surface area contributed by atoms with E-state index in [1.54, 1.807) is 25.1 Å². The molecule has 3 N–H and O–H groups in total. The first-order chi connectivity index (χ1) is 9.66. The Hall–Kier alpha value is -1.40. The predicted octanol–water partition coefficient (Wildman–Crippen LogP) is 2.94. The largest absolute Gasteiger partial charge is 0.462 e. The van der Waals surface area contributed by atoms with Crippen LogP contribution in [0.2, 0.25) is 0 Å². The molecule has 1 atom stereocenters. The Balaban J connectivity index is 2.87. The first kappa shape index (κ1) is 17.7. The van der Waals surface area contributed by atoms with Crippen molar-refractivity contribution in [1.29, 1.82) is 0 Å². The van der Waals surface area contributed by atoms with Gasteiger partial charge < -0.3 is 15.8 Å². The minimum atomic E-state index is -0.630. The Morgan fingerprint density at radius 3 is 2.48 bits per heavy atom. The highest BCUT2D eigenvalue weighted by Crippen LogP contribution is 2.25. The van der Waals surface area contributed by atoms with Crippen LogP contribution in [0, 0.1) is 5.41 Å². The van der Waals surface area contributed by atoms with Crippen LogP contribution in [-0.2, 0) is 9.53 Å². The summed E-state index contributed by atoms with van der Waals surface area (Å²) in [4.78, 5) is 23.7. The number of anilines is 1. The van der Waals surface area contributed by atoms with Crippen LogP contribution in [0.1, 0.15) is 38.1 Å². The standard InChI is InChI=1S/C15H21BrN2O3/c1-5-21-14(20)9-6-7-11(10(16)8-9)18-13(19)12(17)15(2,3)4/h6-8,12H,5,17H2,1-4H3,(H,18,19). The van der Waals surface area contributed by atoms with Crippen LogP contribution in [0.3, 0.4) is 0 Å². The molecule has 1 unspecified atom stereocenters. The Kier molecular flexibility index (Phi) is 5.92. The van der Waals surface area contributed by atoms with Gasteiger partial charge in [-0.05, 0) is 46.5 Å². The van der Waals surface area contributed by atoms with E-state index in [1.165, 1.54) is 0 Å². The number of carbonyl (C=O) groups is 2. The molecular weight excluding hydrogens is 336 g/mol. The second kappa shape index (κ2) is 7.04. The molecule has 1 aromatic carbocycles. The average molecular weight is 357 g/mol. The molecule has 0 aliphatic heterocycles. The minimum absolute atomic E-state index is 0.271. The first-order valence-electron chi connectivity index (χ1n) is 6.70. The topological polar surface area (TPSA) is 81.4 Å². The van der Waals surface area contributed by atoms with Crippen molar-refractivity contribution in [1.82, 2.24) is 0 Å². The maximum absolute atomic E-state index is 12.1. The molecule has 0 spiro atoms. The molecule has 116 valence electrons. The molecule has 0 aliphatic rings. The lowest BCUT2D eigenvalue weighted by molar-refractivity contribution is -0.119. The van der Waals surface area contributed by atoms with E-state index < -0.39 is 12.0 Å². The number of hydrogen-bond donors (Lipinski definition) is 2. The van der Waals surface area contributed by atoms with Crippen molar-refractivity contribution in [2.75, 3.05) is 11.9 Å². The molecule has 0 heterocycles. The van der Waals surface area contributed by atoms with E-state index in [4.69, 9.17) is 10.5 Å². The summed E-state index contributed by atoms with van der Waals surface area (Å²) in [6, 6.07) is 4.22. The monoisotopic (exact) mass is 356 g/mol. The third kappa shape index (κ3) is 4.82. The van der Waals surface area contributed by atoms with Crippen molar-refractivity contribution in [3.8, 4) is 0 Å². The lowest BCUT2D eigenvalue weighted by Gasteiger charge is -2.26. The molecule has 0 saturated carbocycles. The normalized spacial score (nSPS) is 12.7. The van der Waals surface area contributed by atoms with Crippen molar-refractivity contribution in [3.05, 3.63) is 28.2 Å². The summed E-state index contributed by atoms with van der Waals surface area (Å²) in [6.45, 7) is 7.76. The summed E-state index contributed by atoms with van der Waals surface area (Å²) in [5.41, 5.74) is 6.56. The summed E-state index contributed by atoms with van der Waals surface area (Å²) < 4.78 is 5.52. The molecule has 1 aromatic rings. The van der Waals surface area contributed by atoms with Crippen LogP contribution < -0.4 is 11.1 Å². The molecule has 0 radical (unpaired) electrons.